The normalized spacial score (nSPS) is 13.9. The van der Waals surface area contributed by atoms with Gasteiger partial charge in [-0.15, -0.1) is 0 Å². The van der Waals surface area contributed by atoms with Gasteiger partial charge in [0.05, 0.1) is 12.6 Å². The third-order valence-electron chi connectivity index (χ3n) is 3.45. The molecule has 2 N–H and O–H groups in total. The van der Waals surface area contributed by atoms with Crippen molar-refractivity contribution in [3.63, 3.8) is 0 Å². The van der Waals surface area contributed by atoms with Crippen LogP contribution in [0.25, 0.3) is 0 Å². The lowest BCUT2D eigenvalue weighted by Crippen LogP contribution is -2.28. The average molecular weight is 273 g/mol. The summed E-state index contributed by atoms with van der Waals surface area (Å²) in [6.45, 7) is 2.05. The first-order valence-electron chi connectivity index (χ1n) is 6.92. The smallest absolute Gasteiger partial charge is 0.123 e. The van der Waals surface area contributed by atoms with E-state index in [1.54, 1.807) is 12.1 Å². The van der Waals surface area contributed by atoms with Crippen LogP contribution in [0.4, 0.5) is 4.39 Å². The summed E-state index contributed by atoms with van der Waals surface area (Å²) in [5.74, 6) is -0.233. The molecule has 2 aromatic rings. The van der Waals surface area contributed by atoms with Crippen molar-refractivity contribution < 1.29 is 9.50 Å². The van der Waals surface area contributed by atoms with E-state index in [2.05, 4.69) is 5.32 Å². The summed E-state index contributed by atoms with van der Waals surface area (Å²) >= 11 is 0. The van der Waals surface area contributed by atoms with Crippen molar-refractivity contribution in [3.8, 4) is 0 Å². The van der Waals surface area contributed by atoms with Crippen LogP contribution in [0.3, 0.4) is 0 Å². The van der Waals surface area contributed by atoms with Crippen molar-refractivity contribution in [2.45, 2.75) is 25.4 Å². The fourth-order valence-electron chi connectivity index (χ4n) is 2.36. The predicted molar refractivity (Wildman–Crippen MR) is 78.8 cm³/mol. The number of hydrogen-bond acceptors (Lipinski definition) is 2. The Morgan fingerprint density at radius 2 is 1.70 bits per heavy atom. The second kappa shape index (κ2) is 7.17. The van der Waals surface area contributed by atoms with Crippen molar-refractivity contribution in [1.82, 2.24) is 5.32 Å². The van der Waals surface area contributed by atoms with Crippen LogP contribution in [-0.2, 0) is 0 Å². The van der Waals surface area contributed by atoms with Gasteiger partial charge in [0.1, 0.15) is 5.82 Å². The van der Waals surface area contributed by atoms with Crippen LogP contribution in [0, 0.1) is 5.82 Å². The van der Waals surface area contributed by atoms with Gasteiger partial charge in [-0.1, -0.05) is 49.4 Å². The Kier molecular flexibility index (Phi) is 5.27. The lowest BCUT2D eigenvalue weighted by Gasteiger charge is -2.24. The molecule has 0 radical (unpaired) electrons. The SMILES string of the molecule is CCC(N[C@H](CO)c1ccccc1)c1cccc(F)c1. The minimum Gasteiger partial charge on any atom is -0.394 e. The molecule has 0 fully saturated rings. The van der Waals surface area contributed by atoms with Gasteiger partial charge in [-0.05, 0) is 29.7 Å². The fraction of sp³-hybridized carbons (Fsp3) is 0.294. The summed E-state index contributed by atoms with van der Waals surface area (Å²) in [7, 11) is 0. The van der Waals surface area contributed by atoms with Gasteiger partial charge in [0.25, 0.3) is 0 Å². The molecule has 0 aromatic heterocycles. The molecule has 0 aliphatic rings. The number of nitrogens with one attached hydrogen (secondary N) is 1. The molecule has 2 aromatic carbocycles. The number of aliphatic hydroxyl groups excluding tert-OH is 1. The fourth-order valence-corrected chi connectivity index (χ4v) is 2.36. The molecule has 0 spiro atoms. The summed E-state index contributed by atoms with van der Waals surface area (Å²) in [5, 5.41) is 13.0. The van der Waals surface area contributed by atoms with E-state index >= 15 is 0 Å². The molecule has 0 bridgehead atoms. The highest BCUT2D eigenvalue weighted by atomic mass is 19.1. The highest BCUT2D eigenvalue weighted by Crippen LogP contribution is 2.22. The van der Waals surface area contributed by atoms with E-state index < -0.39 is 0 Å². The first-order valence-corrected chi connectivity index (χ1v) is 6.92. The molecule has 2 nitrogen and oxygen atoms in total. The molecule has 0 amide bonds. The van der Waals surface area contributed by atoms with Crippen LogP contribution in [0.5, 0.6) is 0 Å². The minimum atomic E-state index is -0.233. The summed E-state index contributed by atoms with van der Waals surface area (Å²) in [4.78, 5) is 0. The molecule has 106 valence electrons. The Morgan fingerprint density at radius 3 is 2.30 bits per heavy atom. The van der Waals surface area contributed by atoms with E-state index in [9.17, 15) is 9.50 Å². The maximum absolute atomic E-state index is 13.3. The van der Waals surface area contributed by atoms with E-state index in [1.165, 1.54) is 6.07 Å². The Labute approximate surface area is 119 Å². The molecule has 2 rings (SSSR count). The van der Waals surface area contributed by atoms with Gasteiger partial charge in [0.15, 0.2) is 0 Å². The highest BCUT2D eigenvalue weighted by Gasteiger charge is 2.16. The first-order chi connectivity index (χ1) is 9.74. The zero-order valence-corrected chi connectivity index (χ0v) is 11.6. The van der Waals surface area contributed by atoms with E-state index in [1.807, 2.05) is 43.3 Å². The van der Waals surface area contributed by atoms with Crippen molar-refractivity contribution in [1.29, 1.82) is 0 Å². The molecule has 20 heavy (non-hydrogen) atoms. The topological polar surface area (TPSA) is 32.3 Å². The van der Waals surface area contributed by atoms with Gasteiger partial charge in [-0.3, -0.25) is 0 Å². The van der Waals surface area contributed by atoms with E-state index in [4.69, 9.17) is 0 Å². The van der Waals surface area contributed by atoms with Crippen LogP contribution in [0.2, 0.25) is 0 Å². The van der Waals surface area contributed by atoms with Crippen LogP contribution >= 0.6 is 0 Å². The summed E-state index contributed by atoms with van der Waals surface area (Å²) in [5.41, 5.74) is 1.94. The van der Waals surface area contributed by atoms with Gasteiger partial charge in [0, 0.05) is 6.04 Å². The second-order valence-corrected chi connectivity index (χ2v) is 4.83. The Bertz CT molecular complexity index is 530. The summed E-state index contributed by atoms with van der Waals surface area (Å²) in [6, 6.07) is 16.3. The van der Waals surface area contributed by atoms with E-state index in [-0.39, 0.29) is 24.5 Å². The number of aliphatic hydroxyl groups is 1. The average Bonchev–Trinajstić information content (AvgIpc) is 2.49. The van der Waals surface area contributed by atoms with E-state index in [0.29, 0.717) is 0 Å². The monoisotopic (exact) mass is 273 g/mol. The largest absolute Gasteiger partial charge is 0.394 e. The van der Waals surface area contributed by atoms with Gasteiger partial charge >= 0.3 is 0 Å². The zero-order chi connectivity index (χ0) is 14.4. The molecule has 1 unspecified atom stereocenters. The summed E-state index contributed by atoms with van der Waals surface area (Å²) in [6.07, 6.45) is 0.826. The zero-order valence-electron chi connectivity index (χ0n) is 11.6. The molecular formula is C17H20FNO. The third-order valence-corrected chi connectivity index (χ3v) is 3.45. The van der Waals surface area contributed by atoms with Gasteiger partial charge in [-0.2, -0.15) is 0 Å². The Morgan fingerprint density at radius 1 is 1.00 bits per heavy atom. The lowest BCUT2D eigenvalue weighted by molar-refractivity contribution is 0.231. The number of halogens is 1. The quantitative estimate of drug-likeness (QED) is 0.843. The predicted octanol–water partition coefficient (Wildman–Crippen LogP) is 3.60. The summed E-state index contributed by atoms with van der Waals surface area (Å²) < 4.78 is 13.3. The number of rotatable bonds is 6. The maximum atomic E-state index is 13.3. The van der Waals surface area contributed by atoms with Crippen molar-refractivity contribution >= 4 is 0 Å². The van der Waals surface area contributed by atoms with Crippen LogP contribution in [-0.4, -0.2) is 11.7 Å². The molecule has 0 saturated heterocycles. The van der Waals surface area contributed by atoms with Crippen LogP contribution in [0.15, 0.2) is 54.6 Å². The Hall–Kier alpha value is -1.71. The van der Waals surface area contributed by atoms with Gasteiger partial charge < -0.3 is 10.4 Å². The minimum absolute atomic E-state index is 0.00975. The molecule has 0 aliphatic heterocycles. The molecule has 3 heteroatoms. The third kappa shape index (κ3) is 3.65. The first kappa shape index (κ1) is 14.7. The van der Waals surface area contributed by atoms with Crippen LogP contribution < -0.4 is 5.32 Å². The molecule has 2 atom stereocenters. The highest BCUT2D eigenvalue weighted by molar-refractivity contribution is 5.23. The van der Waals surface area contributed by atoms with Crippen molar-refractivity contribution in [2.75, 3.05) is 6.61 Å². The van der Waals surface area contributed by atoms with Gasteiger partial charge in [0.2, 0.25) is 0 Å². The molecule has 0 aliphatic carbocycles. The molecule has 0 saturated carbocycles. The number of benzene rings is 2. The maximum Gasteiger partial charge on any atom is 0.123 e. The van der Waals surface area contributed by atoms with Gasteiger partial charge in [-0.25, -0.2) is 4.39 Å². The molecule has 0 heterocycles. The van der Waals surface area contributed by atoms with Crippen molar-refractivity contribution in [3.05, 3.63) is 71.5 Å². The molecular weight excluding hydrogens is 253 g/mol. The second-order valence-electron chi connectivity index (χ2n) is 4.83. The van der Waals surface area contributed by atoms with E-state index in [0.717, 1.165) is 17.5 Å². The standard InChI is InChI=1S/C17H20FNO/c1-2-16(14-9-6-10-15(18)11-14)19-17(12-20)13-7-4-3-5-8-13/h3-11,16-17,19-20H,2,12H2,1H3/t16?,17-/m1/s1. The lowest BCUT2D eigenvalue weighted by atomic mass is 10.0. The van der Waals surface area contributed by atoms with Crippen molar-refractivity contribution in [2.24, 2.45) is 0 Å². The Balaban J connectivity index is 2.16. The van der Waals surface area contributed by atoms with Crippen LogP contribution in [0.1, 0.15) is 36.6 Å². The number of hydrogen-bond donors (Lipinski definition) is 2.